The lowest BCUT2D eigenvalue weighted by Gasteiger charge is -2.41. The van der Waals surface area contributed by atoms with Crippen LogP contribution >= 0.6 is 0 Å². The molecule has 0 radical (unpaired) electrons. The van der Waals surface area contributed by atoms with E-state index in [-0.39, 0.29) is 12.7 Å². The third-order valence-corrected chi connectivity index (χ3v) is 7.36. The van der Waals surface area contributed by atoms with Gasteiger partial charge in [-0.15, -0.1) is 0 Å². The smallest absolute Gasteiger partial charge is 0.231 e. The van der Waals surface area contributed by atoms with Crippen LogP contribution < -0.4 is 9.47 Å². The Morgan fingerprint density at radius 1 is 1.03 bits per heavy atom. The van der Waals surface area contributed by atoms with Crippen LogP contribution in [-0.4, -0.2) is 53.2 Å². The second kappa shape index (κ2) is 10.6. The van der Waals surface area contributed by atoms with Crippen molar-refractivity contribution in [3.63, 3.8) is 0 Å². The normalized spacial score (nSPS) is 21.2. The molecule has 0 bridgehead atoms. The fourth-order valence-electron chi connectivity index (χ4n) is 5.64. The van der Waals surface area contributed by atoms with Crippen molar-refractivity contribution in [3.05, 3.63) is 53.9 Å². The van der Waals surface area contributed by atoms with Gasteiger partial charge in [-0.3, -0.25) is 9.78 Å². The summed E-state index contributed by atoms with van der Waals surface area (Å²) in [5.41, 5.74) is 2.05. The van der Waals surface area contributed by atoms with Gasteiger partial charge in [0.05, 0.1) is 6.42 Å². The standard InChI is InChI=1S/C27H35N3O3/c31-27(15-21-10-11-25-26(14-21)33-20-32-25)30(17-22-6-4-12-28-16-22)19-23-7-5-13-29(18-23)24-8-2-1-3-9-24/h4,6,10-12,14,16,23-24H,1-3,5,7-9,13,15,17-20H2/t23-/m1/s1. The van der Waals surface area contributed by atoms with Gasteiger partial charge in [0.2, 0.25) is 12.7 Å². The number of rotatable bonds is 7. The molecule has 3 aliphatic rings. The second-order valence-electron chi connectivity index (χ2n) is 9.79. The van der Waals surface area contributed by atoms with Crippen molar-refractivity contribution >= 4 is 5.91 Å². The van der Waals surface area contributed by atoms with Crippen LogP contribution in [0.4, 0.5) is 0 Å². The molecular weight excluding hydrogens is 414 g/mol. The summed E-state index contributed by atoms with van der Waals surface area (Å²) < 4.78 is 10.9. The zero-order chi connectivity index (χ0) is 22.5. The molecule has 1 aromatic heterocycles. The summed E-state index contributed by atoms with van der Waals surface area (Å²) in [6.45, 7) is 4.00. The van der Waals surface area contributed by atoms with E-state index in [1.165, 1.54) is 51.5 Å². The number of amides is 1. The molecule has 2 fully saturated rings. The van der Waals surface area contributed by atoms with Crippen LogP contribution in [0.15, 0.2) is 42.7 Å². The molecule has 6 nitrogen and oxygen atoms in total. The summed E-state index contributed by atoms with van der Waals surface area (Å²) in [4.78, 5) is 22.5. The van der Waals surface area contributed by atoms with Crippen molar-refractivity contribution in [2.75, 3.05) is 26.4 Å². The molecule has 2 aliphatic heterocycles. The number of carbonyl (C=O) groups is 1. The Morgan fingerprint density at radius 3 is 2.76 bits per heavy atom. The minimum atomic E-state index is 0.160. The molecule has 5 rings (SSSR count). The first-order valence-corrected chi connectivity index (χ1v) is 12.5. The van der Waals surface area contributed by atoms with E-state index in [1.807, 2.05) is 30.5 Å². The molecule has 6 heteroatoms. The van der Waals surface area contributed by atoms with Gasteiger partial charge in [0, 0.05) is 38.1 Å². The fraction of sp³-hybridized carbons (Fsp3) is 0.556. The lowest BCUT2D eigenvalue weighted by Crippen LogP contribution is -2.47. The van der Waals surface area contributed by atoms with Crippen molar-refractivity contribution in [3.8, 4) is 11.5 Å². The molecule has 1 amide bonds. The lowest BCUT2D eigenvalue weighted by molar-refractivity contribution is -0.132. The highest BCUT2D eigenvalue weighted by Gasteiger charge is 2.29. The molecule has 1 aromatic carbocycles. The van der Waals surface area contributed by atoms with Gasteiger partial charge in [-0.1, -0.05) is 31.4 Å². The number of hydrogen-bond donors (Lipinski definition) is 0. The third kappa shape index (κ3) is 5.67. The predicted octanol–water partition coefficient (Wildman–Crippen LogP) is 4.43. The molecule has 0 unspecified atom stereocenters. The Morgan fingerprint density at radius 2 is 1.91 bits per heavy atom. The van der Waals surface area contributed by atoms with Crippen molar-refractivity contribution in [2.24, 2.45) is 5.92 Å². The number of pyridine rings is 1. The Hall–Kier alpha value is -2.60. The molecule has 2 aromatic rings. The molecule has 1 aliphatic carbocycles. The van der Waals surface area contributed by atoms with Gasteiger partial charge in [-0.05, 0) is 67.5 Å². The van der Waals surface area contributed by atoms with E-state index < -0.39 is 0 Å². The summed E-state index contributed by atoms with van der Waals surface area (Å²) in [6.07, 6.45) is 13.3. The van der Waals surface area contributed by atoms with Crippen LogP contribution in [0.25, 0.3) is 0 Å². The van der Waals surface area contributed by atoms with E-state index in [2.05, 4.69) is 20.9 Å². The highest BCUT2D eigenvalue weighted by molar-refractivity contribution is 5.79. The molecule has 0 N–H and O–H groups in total. The van der Waals surface area contributed by atoms with E-state index in [4.69, 9.17) is 9.47 Å². The highest BCUT2D eigenvalue weighted by atomic mass is 16.7. The van der Waals surface area contributed by atoms with Gasteiger partial charge >= 0.3 is 0 Å². The topological polar surface area (TPSA) is 54.9 Å². The number of nitrogens with zero attached hydrogens (tertiary/aromatic N) is 3. The molecule has 1 saturated carbocycles. The number of carbonyl (C=O) groups excluding carboxylic acids is 1. The average molecular weight is 450 g/mol. The maximum atomic E-state index is 13.5. The first-order chi connectivity index (χ1) is 16.2. The van der Waals surface area contributed by atoms with Crippen LogP contribution in [0.2, 0.25) is 0 Å². The Balaban J connectivity index is 1.27. The number of likely N-dealkylation sites (tertiary alicyclic amines) is 1. The number of benzene rings is 1. The maximum Gasteiger partial charge on any atom is 0.231 e. The van der Waals surface area contributed by atoms with E-state index in [0.717, 1.165) is 41.8 Å². The van der Waals surface area contributed by atoms with Crippen LogP contribution in [0.5, 0.6) is 11.5 Å². The van der Waals surface area contributed by atoms with Gasteiger partial charge < -0.3 is 19.3 Å². The average Bonchev–Trinajstić information content (AvgIpc) is 3.33. The fourth-order valence-corrected chi connectivity index (χ4v) is 5.64. The van der Waals surface area contributed by atoms with E-state index in [1.54, 1.807) is 6.20 Å². The Labute approximate surface area is 196 Å². The molecule has 1 saturated heterocycles. The van der Waals surface area contributed by atoms with Gasteiger partial charge in [0.25, 0.3) is 0 Å². The number of hydrogen-bond acceptors (Lipinski definition) is 5. The van der Waals surface area contributed by atoms with Crippen molar-refractivity contribution < 1.29 is 14.3 Å². The number of fused-ring (bicyclic) bond motifs is 1. The van der Waals surface area contributed by atoms with Crippen LogP contribution in [0.3, 0.4) is 0 Å². The van der Waals surface area contributed by atoms with Crippen LogP contribution in [-0.2, 0) is 17.8 Å². The van der Waals surface area contributed by atoms with Crippen LogP contribution in [0, 0.1) is 5.92 Å². The Bertz CT molecular complexity index is 929. The summed E-state index contributed by atoms with van der Waals surface area (Å²) in [5, 5.41) is 0. The predicted molar refractivity (Wildman–Crippen MR) is 127 cm³/mol. The van der Waals surface area contributed by atoms with Gasteiger partial charge in [-0.25, -0.2) is 0 Å². The van der Waals surface area contributed by atoms with E-state index >= 15 is 0 Å². The zero-order valence-corrected chi connectivity index (χ0v) is 19.5. The maximum absolute atomic E-state index is 13.5. The van der Waals surface area contributed by atoms with E-state index in [0.29, 0.717) is 18.9 Å². The van der Waals surface area contributed by atoms with Gasteiger partial charge in [-0.2, -0.15) is 0 Å². The zero-order valence-electron chi connectivity index (χ0n) is 19.5. The summed E-state index contributed by atoms with van der Waals surface area (Å²) >= 11 is 0. The molecule has 1 atom stereocenters. The van der Waals surface area contributed by atoms with E-state index in [9.17, 15) is 4.79 Å². The number of ether oxygens (including phenoxy) is 2. The minimum absolute atomic E-state index is 0.160. The monoisotopic (exact) mass is 449 g/mol. The van der Waals surface area contributed by atoms with Crippen molar-refractivity contribution in [1.29, 1.82) is 0 Å². The molecule has 3 heterocycles. The quantitative estimate of drug-likeness (QED) is 0.626. The Kier molecular flexibility index (Phi) is 7.10. The van der Waals surface area contributed by atoms with Gasteiger partial charge in [0.15, 0.2) is 11.5 Å². The first-order valence-electron chi connectivity index (χ1n) is 12.5. The molecule has 33 heavy (non-hydrogen) atoms. The lowest BCUT2D eigenvalue weighted by atomic mass is 9.90. The summed E-state index contributed by atoms with van der Waals surface area (Å²) in [7, 11) is 0. The highest BCUT2D eigenvalue weighted by Crippen LogP contribution is 2.33. The molecular formula is C27H35N3O3. The third-order valence-electron chi connectivity index (χ3n) is 7.36. The largest absolute Gasteiger partial charge is 0.454 e. The van der Waals surface area contributed by atoms with Gasteiger partial charge in [0.1, 0.15) is 0 Å². The number of piperidine rings is 1. The number of aromatic nitrogens is 1. The minimum Gasteiger partial charge on any atom is -0.454 e. The second-order valence-corrected chi connectivity index (χ2v) is 9.79. The van der Waals surface area contributed by atoms with Crippen molar-refractivity contribution in [2.45, 2.75) is 64.0 Å². The molecule has 176 valence electrons. The summed E-state index contributed by atoms with van der Waals surface area (Å²) in [5.74, 6) is 2.17. The van der Waals surface area contributed by atoms with Crippen molar-refractivity contribution in [1.82, 2.24) is 14.8 Å². The SMILES string of the molecule is O=C(Cc1ccc2c(c1)OCO2)N(Cc1cccnc1)C[C@@H]1CCCN(C2CCCCC2)C1. The first kappa shape index (κ1) is 22.2. The molecule has 0 spiro atoms. The van der Waals surface area contributed by atoms with Crippen LogP contribution in [0.1, 0.15) is 56.1 Å². The summed E-state index contributed by atoms with van der Waals surface area (Å²) in [6, 6.07) is 10.6.